The Kier molecular flexibility index (Phi) is 11.7. The number of methoxy groups -OCH3 is 1. The van der Waals surface area contributed by atoms with E-state index < -0.39 is 5.60 Å². The lowest BCUT2D eigenvalue weighted by Crippen LogP contribution is -2.44. The third-order valence-corrected chi connectivity index (χ3v) is 6.03. The van der Waals surface area contributed by atoms with Gasteiger partial charge in [0.25, 0.3) is 0 Å². The van der Waals surface area contributed by atoms with Crippen molar-refractivity contribution in [2.75, 3.05) is 7.11 Å². The molecule has 3 unspecified atom stereocenters. The Hall–Kier alpha value is -1.26. The third-order valence-electron chi connectivity index (χ3n) is 6.03. The van der Waals surface area contributed by atoms with E-state index >= 15 is 0 Å². The summed E-state index contributed by atoms with van der Waals surface area (Å²) >= 11 is 0. The van der Waals surface area contributed by atoms with Gasteiger partial charge in [0.15, 0.2) is 11.5 Å². The molecular formula is C25H45NO3. The fourth-order valence-corrected chi connectivity index (χ4v) is 3.77. The van der Waals surface area contributed by atoms with Crippen molar-refractivity contribution in [3.05, 3.63) is 23.8 Å². The van der Waals surface area contributed by atoms with Gasteiger partial charge in [-0.3, -0.25) is 0 Å². The van der Waals surface area contributed by atoms with Gasteiger partial charge in [-0.25, -0.2) is 0 Å². The van der Waals surface area contributed by atoms with Crippen LogP contribution in [0.2, 0.25) is 0 Å². The second-order valence-corrected chi connectivity index (χ2v) is 9.31. The molecule has 1 aromatic rings. The Balaban J connectivity index is 2.69. The Morgan fingerprint density at radius 3 is 2.41 bits per heavy atom. The van der Waals surface area contributed by atoms with Crippen molar-refractivity contribution in [2.45, 2.75) is 110 Å². The molecule has 0 spiro atoms. The van der Waals surface area contributed by atoms with Gasteiger partial charge in [0, 0.05) is 12.1 Å². The SMILES string of the molecule is CCCCCCCC(C)(O)CC(CCc1ccc(O)c(OC)c1)NC(C)C(C)C. The minimum atomic E-state index is -0.646. The highest BCUT2D eigenvalue weighted by Crippen LogP contribution is 2.28. The summed E-state index contributed by atoms with van der Waals surface area (Å²) in [7, 11) is 1.57. The molecule has 3 N–H and O–H groups in total. The monoisotopic (exact) mass is 407 g/mol. The Morgan fingerprint density at radius 2 is 1.79 bits per heavy atom. The van der Waals surface area contributed by atoms with Gasteiger partial charge < -0.3 is 20.3 Å². The van der Waals surface area contributed by atoms with E-state index in [0.29, 0.717) is 17.7 Å². The number of ether oxygens (including phenoxy) is 1. The number of phenolic OH excluding ortho intramolecular Hbond substituents is 1. The number of hydrogen-bond acceptors (Lipinski definition) is 4. The predicted molar refractivity (Wildman–Crippen MR) is 123 cm³/mol. The van der Waals surface area contributed by atoms with Crippen molar-refractivity contribution < 1.29 is 14.9 Å². The average Bonchev–Trinajstić information content (AvgIpc) is 2.66. The maximum absolute atomic E-state index is 11.0. The van der Waals surface area contributed by atoms with Crippen LogP contribution in [0.15, 0.2) is 18.2 Å². The van der Waals surface area contributed by atoms with E-state index in [1.807, 2.05) is 19.1 Å². The van der Waals surface area contributed by atoms with Gasteiger partial charge in [-0.05, 0) is 63.1 Å². The van der Waals surface area contributed by atoms with E-state index in [4.69, 9.17) is 4.74 Å². The lowest BCUT2D eigenvalue weighted by Gasteiger charge is -2.32. The van der Waals surface area contributed by atoms with Gasteiger partial charge in [-0.1, -0.05) is 58.9 Å². The summed E-state index contributed by atoms with van der Waals surface area (Å²) < 4.78 is 5.24. The number of unbranched alkanes of at least 4 members (excludes halogenated alkanes) is 4. The molecule has 168 valence electrons. The molecule has 0 aromatic heterocycles. The highest BCUT2D eigenvalue weighted by Gasteiger charge is 2.26. The highest BCUT2D eigenvalue weighted by atomic mass is 16.5. The van der Waals surface area contributed by atoms with Crippen LogP contribution in [0.5, 0.6) is 11.5 Å². The lowest BCUT2D eigenvalue weighted by atomic mass is 9.87. The summed E-state index contributed by atoms with van der Waals surface area (Å²) in [5.41, 5.74) is 0.496. The average molecular weight is 408 g/mol. The van der Waals surface area contributed by atoms with Crippen LogP contribution in [0.25, 0.3) is 0 Å². The molecule has 0 saturated carbocycles. The summed E-state index contributed by atoms with van der Waals surface area (Å²) in [6.07, 6.45) is 9.54. The second-order valence-electron chi connectivity index (χ2n) is 9.31. The zero-order valence-electron chi connectivity index (χ0n) is 19.6. The van der Waals surface area contributed by atoms with Crippen LogP contribution in [0.1, 0.15) is 91.5 Å². The molecule has 0 amide bonds. The van der Waals surface area contributed by atoms with Crippen LogP contribution < -0.4 is 10.1 Å². The molecule has 0 aliphatic heterocycles. The van der Waals surface area contributed by atoms with E-state index in [1.54, 1.807) is 13.2 Å². The fourth-order valence-electron chi connectivity index (χ4n) is 3.77. The molecule has 0 radical (unpaired) electrons. The summed E-state index contributed by atoms with van der Waals surface area (Å²) in [5.74, 6) is 1.23. The molecule has 0 aliphatic rings. The van der Waals surface area contributed by atoms with Crippen LogP contribution in [-0.4, -0.2) is 35.0 Å². The number of nitrogens with one attached hydrogen (secondary N) is 1. The maximum Gasteiger partial charge on any atom is 0.160 e. The molecule has 0 aliphatic carbocycles. The number of benzene rings is 1. The Labute approximate surface area is 179 Å². The van der Waals surface area contributed by atoms with Gasteiger partial charge in [0.05, 0.1) is 12.7 Å². The number of rotatable bonds is 15. The van der Waals surface area contributed by atoms with Crippen LogP contribution in [0.4, 0.5) is 0 Å². The summed E-state index contributed by atoms with van der Waals surface area (Å²) in [6, 6.07) is 6.20. The van der Waals surface area contributed by atoms with Crippen molar-refractivity contribution in [1.82, 2.24) is 5.32 Å². The first-order chi connectivity index (χ1) is 13.7. The molecule has 3 atom stereocenters. The Bertz CT molecular complexity index is 571. The molecule has 4 heteroatoms. The van der Waals surface area contributed by atoms with Crippen molar-refractivity contribution >= 4 is 0 Å². The van der Waals surface area contributed by atoms with Gasteiger partial charge >= 0.3 is 0 Å². The number of aromatic hydroxyl groups is 1. The summed E-state index contributed by atoms with van der Waals surface area (Å²) in [6.45, 7) is 10.9. The first kappa shape index (κ1) is 25.8. The van der Waals surface area contributed by atoms with Crippen LogP contribution in [-0.2, 0) is 6.42 Å². The Morgan fingerprint density at radius 1 is 1.10 bits per heavy atom. The van der Waals surface area contributed by atoms with E-state index in [9.17, 15) is 10.2 Å². The van der Waals surface area contributed by atoms with Crippen LogP contribution in [0.3, 0.4) is 0 Å². The predicted octanol–water partition coefficient (Wildman–Crippen LogP) is 5.84. The smallest absolute Gasteiger partial charge is 0.160 e. The van der Waals surface area contributed by atoms with Gasteiger partial charge in [0.1, 0.15) is 0 Å². The van der Waals surface area contributed by atoms with E-state index in [-0.39, 0.29) is 11.8 Å². The van der Waals surface area contributed by atoms with Gasteiger partial charge in [-0.2, -0.15) is 0 Å². The van der Waals surface area contributed by atoms with Crippen molar-refractivity contribution in [3.63, 3.8) is 0 Å². The van der Waals surface area contributed by atoms with Crippen molar-refractivity contribution in [1.29, 1.82) is 0 Å². The van der Waals surface area contributed by atoms with Gasteiger partial charge in [-0.15, -0.1) is 0 Å². The first-order valence-electron chi connectivity index (χ1n) is 11.5. The molecule has 0 fully saturated rings. The number of hydrogen-bond donors (Lipinski definition) is 3. The maximum atomic E-state index is 11.0. The summed E-state index contributed by atoms with van der Waals surface area (Å²) in [4.78, 5) is 0. The normalized spacial score (nSPS) is 15.9. The second kappa shape index (κ2) is 13.1. The van der Waals surface area contributed by atoms with Crippen molar-refractivity contribution in [2.24, 2.45) is 5.92 Å². The first-order valence-corrected chi connectivity index (χ1v) is 11.5. The molecule has 29 heavy (non-hydrogen) atoms. The molecule has 4 nitrogen and oxygen atoms in total. The van der Waals surface area contributed by atoms with Crippen molar-refractivity contribution in [3.8, 4) is 11.5 Å². The number of aliphatic hydroxyl groups is 1. The quantitative estimate of drug-likeness (QED) is 0.320. The third kappa shape index (κ3) is 10.4. The molecule has 0 saturated heterocycles. The van der Waals surface area contributed by atoms with Crippen LogP contribution >= 0.6 is 0 Å². The summed E-state index contributed by atoms with van der Waals surface area (Å²) in [5, 5.41) is 24.6. The molecule has 1 aromatic carbocycles. The number of aryl methyl sites for hydroxylation is 1. The molecule has 1 rings (SSSR count). The molecule has 0 heterocycles. The zero-order chi connectivity index (χ0) is 21.9. The largest absolute Gasteiger partial charge is 0.504 e. The highest BCUT2D eigenvalue weighted by molar-refractivity contribution is 5.41. The standard InChI is InChI=1S/C25H45NO3/c1-7-8-9-10-11-16-25(5,28)18-22(26-20(4)19(2)3)14-12-21-13-15-23(27)24(17-21)29-6/h13,15,17,19-20,22,26-28H,7-12,14,16,18H2,1-6H3. The fraction of sp³-hybridized carbons (Fsp3) is 0.760. The molecule has 0 bridgehead atoms. The van der Waals surface area contributed by atoms with Gasteiger partial charge in [0.2, 0.25) is 0 Å². The van der Waals surface area contributed by atoms with E-state index in [0.717, 1.165) is 37.7 Å². The molecular weight excluding hydrogens is 362 g/mol. The topological polar surface area (TPSA) is 61.7 Å². The lowest BCUT2D eigenvalue weighted by molar-refractivity contribution is 0.0262. The minimum Gasteiger partial charge on any atom is -0.504 e. The van der Waals surface area contributed by atoms with Crippen LogP contribution in [0, 0.1) is 5.92 Å². The number of phenols is 1. The minimum absolute atomic E-state index is 0.172. The van der Waals surface area contributed by atoms with E-state index in [2.05, 4.69) is 33.0 Å². The zero-order valence-corrected chi connectivity index (χ0v) is 19.6. The van der Waals surface area contributed by atoms with E-state index in [1.165, 1.54) is 25.7 Å².